The minimum atomic E-state index is 0.1000. The van der Waals surface area contributed by atoms with Crippen LogP contribution >= 0.6 is 0 Å². The molecule has 0 bridgehead atoms. The fourth-order valence-electron chi connectivity index (χ4n) is 0.714. The van der Waals surface area contributed by atoms with Crippen LogP contribution in [0.3, 0.4) is 0 Å². The molecule has 0 aliphatic heterocycles. The highest BCUT2D eigenvalue weighted by Gasteiger charge is 2.00. The monoisotopic (exact) mass is 179 g/mol. The molecule has 0 aliphatic carbocycles. The predicted molar refractivity (Wildman–Crippen MR) is 57.0 cm³/mol. The highest BCUT2D eigenvalue weighted by molar-refractivity contribution is 5.26. The van der Waals surface area contributed by atoms with Crippen LogP contribution in [-0.4, -0.2) is 6.10 Å². The van der Waals surface area contributed by atoms with Crippen molar-refractivity contribution in [2.45, 2.75) is 20.0 Å². The first-order valence-electron chi connectivity index (χ1n) is 4.19. The molecule has 13 heavy (non-hydrogen) atoms. The number of nitrogens with two attached hydrogens (primary N) is 1. The van der Waals surface area contributed by atoms with E-state index in [0.29, 0.717) is 11.5 Å². The van der Waals surface area contributed by atoms with Crippen LogP contribution in [0.5, 0.6) is 0 Å². The molecule has 72 valence electrons. The third-order valence-corrected chi connectivity index (χ3v) is 1.25. The van der Waals surface area contributed by atoms with Gasteiger partial charge < -0.3 is 10.5 Å². The van der Waals surface area contributed by atoms with Gasteiger partial charge in [-0.3, -0.25) is 0 Å². The number of ether oxygens (including phenoxy) is 1. The smallest absolute Gasteiger partial charge is 0.142 e. The molecule has 0 spiro atoms. The molecular weight excluding hydrogens is 162 g/mol. The van der Waals surface area contributed by atoms with E-state index in [-0.39, 0.29) is 6.10 Å². The summed E-state index contributed by atoms with van der Waals surface area (Å²) >= 11 is 0. The van der Waals surface area contributed by atoms with E-state index in [9.17, 15) is 0 Å². The van der Waals surface area contributed by atoms with E-state index < -0.39 is 0 Å². The molecule has 2 N–H and O–H groups in total. The van der Waals surface area contributed by atoms with Crippen LogP contribution in [0.1, 0.15) is 13.8 Å². The van der Waals surface area contributed by atoms with Crippen molar-refractivity contribution in [1.82, 2.24) is 0 Å². The van der Waals surface area contributed by atoms with Crippen LogP contribution < -0.4 is 5.73 Å². The largest absolute Gasteiger partial charge is 0.489 e. The minimum Gasteiger partial charge on any atom is -0.489 e. The Morgan fingerprint density at radius 1 is 1.38 bits per heavy atom. The molecule has 0 saturated heterocycles. The van der Waals surface area contributed by atoms with Crippen LogP contribution in [0, 0.1) is 0 Å². The topological polar surface area (TPSA) is 35.2 Å². The Bertz CT molecular complexity index is 236. The third kappa shape index (κ3) is 4.90. The first kappa shape index (κ1) is 11.6. The van der Waals surface area contributed by atoms with Crippen molar-refractivity contribution in [3.8, 4) is 0 Å². The van der Waals surface area contributed by atoms with Gasteiger partial charge in [0.2, 0.25) is 0 Å². The van der Waals surface area contributed by atoms with E-state index in [0.717, 1.165) is 0 Å². The average Bonchev–Trinajstić information content (AvgIpc) is 2.10. The zero-order valence-corrected chi connectivity index (χ0v) is 8.29. The van der Waals surface area contributed by atoms with Gasteiger partial charge in [-0.15, -0.1) is 0 Å². The van der Waals surface area contributed by atoms with Crippen molar-refractivity contribution >= 4 is 0 Å². The molecule has 0 heterocycles. The van der Waals surface area contributed by atoms with Crippen LogP contribution in [0.25, 0.3) is 0 Å². The van der Waals surface area contributed by atoms with Gasteiger partial charge in [0.15, 0.2) is 0 Å². The fourth-order valence-corrected chi connectivity index (χ4v) is 0.714. The summed E-state index contributed by atoms with van der Waals surface area (Å²) in [5, 5.41) is 0. The summed E-state index contributed by atoms with van der Waals surface area (Å²) in [6.45, 7) is 11.0. The molecule has 0 fully saturated rings. The Morgan fingerprint density at radius 3 is 2.38 bits per heavy atom. The summed E-state index contributed by atoms with van der Waals surface area (Å²) in [7, 11) is 0. The number of rotatable bonds is 5. The van der Waals surface area contributed by atoms with Crippen molar-refractivity contribution in [3.05, 3.63) is 48.9 Å². The molecule has 0 unspecified atom stereocenters. The summed E-state index contributed by atoms with van der Waals surface area (Å²) in [6.07, 6.45) is 6.87. The third-order valence-electron chi connectivity index (χ3n) is 1.25. The van der Waals surface area contributed by atoms with E-state index in [4.69, 9.17) is 10.5 Å². The standard InChI is InChI=1S/C11H17NO/c1-5-7-8-11(10(12)6-2)13-9(3)4/h5-9H,1-2,12H2,3-4H3/b8-7-,11-10-. The summed E-state index contributed by atoms with van der Waals surface area (Å²) < 4.78 is 5.45. The Kier molecular flexibility index (Phi) is 5.44. The van der Waals surface area contributed by atoms with E-state index in [1.165, 1.54) is 0 Å². The van der Waals surface area contributed by atoms with Crippen molar-refractivity contribution in [2.24, 2.45) is 5.73 Å². The summed E-state index contributed by atoms with van der Waals surface area (Å²) in [4.78, 5) is 0. The molecule has 0 rings (SSSR count). The molecule has 0 saturated carbocycles. The van der Waals surface area contributed by atoms with Gasteiger partial charge in [0.25, 0.3) is 0 Å². The van der Waals surface area contributed by atoms with E-state index >= 15 is 0 Å². The molecule has 0 atom stereocenters. The van der Waals surface area contributed by atoms with Gasteiger partial charge in [-0.1, -0.05) is 25.3 Å². The maximum atomic E-state index is 5.66. The van der Waals surface area contributed by atoms with Crippen molar-refractivity contribution in [2.75, 3.05) is 0 Å². The zero-order valence-electron chi connectivity index (χ0n) is 8.29. The summed E-state index contributed by atoms with van der Waals surface area (Å²) in [5.74, 6) is 0.630. The van der Waals surface area contributed by atoms with Crippen molar-refractivity contribution < 1.29 is 4.74 Å². The second kappa shape index (κ2) is 6.12. The normalized spacial score (nSPS) is 12.8. The van der Waals surface area contributed by atoms with E-state index in [1.54, 1.807) is 24.3 Å². The van der Waals surface area contributed by atoms with Gasteiger partial charge in [0.1, 0.15) is 5.76 Å². The second-order valence-electron chi connectivity index (χ2n) is 2.79. The lowest BCUT2D eigenvalue weighted by Crippen LogP contribution is -2.07. The molecule has 0 aromatic carbocycles. The Hall–Kier alpha value is -1.44. The molecule has 2 heteroatoms. The Balaban J connectivity index is 4.64. The average molecular weight is 179 g/mol. The molecule has 0 aromatic rings. The van der Waals surface area contributed by atoms with Gasteiger partial charge in [0.05, 0.1) is 11.8 Å². The summed E-state index contributed by atoms with van der Waals surface area (Å²) in [5.41, 5.74) is 6.19. The number of hydrogen-bond acceptors (Lipinski definition) is 2. The number of hydrogen-bond donors (Lipinski definition) is 1. The molecule has 2 nitrogen and oxygen atoms in total. The highest BCUT2D eigenvalue weighted by atomic mass is 16.5. The predicted octanol–water partition coefficient (Wildman–Crippen LogP) is 2.51. The van der Waals surface area contributed by atoms with Crippen LogP contribution in [-0.2, 0) is 4.74 Å². The lowest BCUT2D eigenvalue weighted by molar-refractivity contribution is 0.155. The lowest BCUT2D eigenvalue weighted by Gasteiger charge is -2.11. The van der Waals surface area contributed by atoms with E-state index in [1.807, 2.05) is 13.8 Å². The Morgan fingerprint density at radius 2 is 2.00 bits per heavy atom. The SMILES string of the molecule is C=C/C=C\C(OC(C)C)=C(\N)C=C. The first-order chi connectivity index (χ1) is 6.11. The molecule has 0 aromatic heterocycles. The molecular formula is C11H17NO. The summed E-state index contributed by atoms with van der Waals surface area (Å²) in [6, 6.07) is 0. The second-order valence-corrected chi connectivity index (χ2v) is 2.79. The molecule has 0 aliphatic rings. The van der Waals surface area contributed by atoms with Gasteiger partial charge in [0, 0.05) is 0 Å². The van der Waals surface area contributed by atoms with Gasteiger partial charge in [-0.25, -0.2) is 0 Å². The minimum absolute atomic E-state index is 0.1000. The van der Waals surface area contributed by atoms with Crippen molar-refractivity contribution in [1.29, 1.82) is 0 Å². The van der Waals surface area contributed by atoms with Crippen molar-refractivity contribution in [3.63, 3.8) is 0 Å². The zero-order chi connectivity index (χ0) is 10.3. The van der Waals surface area contributed by atoms with Gasteiger partial charge in [-0.05, 0) is 26.0 Å². The highest BCUT2D eigenvalue weighted by Crippen LogP contribution is 2.08. The number of allylic oxidation sites excluding steroid dienone is 4. The fraction of sp³-hybridized carbons (Fsp3) is 0.273. The Labute approximate surface area is 80.1 Å². The van der Waals surface area contributed by atoms with Crippen LogP contribution in [0.2, 0.25) is 0 Å². The van der Waals surface area contributed by atoms with Crippen LogP contribution in [0.4, 0.5) is 0 Å². The van der Waals surface area contributed by atoms with Gasteiger partial charge >= 0.3 is 0 Å². The van der Waals surface area contributed by atoms with Crippen LogP contribution in [0.15, 0.2) is 48.9 Å². The first-order valence-corrected chi connectivity index (χ1v) is 4.19. The molecule has 0 radical (unpaired) electrons. The molecule has 0 amide bonds. The lowest BCUT2D eigenvalue weighted by atomic mass is 10.3. The maximum Gasteiger partial charge on any atom is 0.142 e. The van der Waals surface area contributed by atoms with Gasteiger partial charge in [-0.2, -0.15) is 0 Å². The maximum absolute atomic E-state index is 5.66. The quantitative estimate of drug-likeness (QED) is 0.520. The van der Waals surface area contributed by atoms with E-state index in [2.05, 4.69) is 13.2 Å².